The quantitative estimate of drug-likeness (QED) is 0.797. The summed E-state index contributed by atoms with van der Waals surface area (Å²) in [4.78, 5) is 0. The summed E-state index contributed by atoms with van der Waals surface area (Å²) < 4.78 is 0. The van der Waals surface area contributed by atoms with Crippen LogP contribution in [-0.4, -0.2) is 12.6 Å². The predicted octanol–water partition coefficient (Wildman–Crippen LogP) is 3.67. The van der Waals surface area contributed by atoms with Gasteiger partial charge in [0.05, 0.1) is 0 Å². The molecule has 1 heteroatoms. The van der Waals surface area contributed by atoms with Crippen LogP contribution in [0.15, 0.2) is 24.3 Å². The average molecular weight is 217 g/mol. The van der Waals surface area contributed by atoms with Crippen LogP contribution in [0.1, 0.15) is 56.6 Å². The van der Waals surface area contributed by atoms with Crippen LogP contribution in [0.5, 0.6) is 0 Å². The van der Waals surface area contributed by atoms with Gasteiger partial charge in [0.1, 0.15) is 0 Å². The second kappa shape index (κ2) is 5.01. The molecule has 0 radical (unpaired) electrons. The molecule has 0 bridgehead atoms. The van der Waals surface area contributed by atoms with E-state index >= 15 is 0 Å². The Hall–Kier alpha value is -0.820. The first-order chi connectivity index (χ1) is 7.70. The molecule has 1 nitrogen and oxygen atoms in total. The van der Waals surface area contributed by atoms with Crippen molar-refractivity contribution >= 4 is 0 Å². The summed E-state index contributed by atoms with van der Waals surface area (Å²) in [5.41, 5.74) is 3.10. The number of piperidine rings is 1. The first-order valence-corrected chi connectivity index (χ1v) is 6.52. The van der Waals surface area contributed by atoms with Gasteiger partial charge in [-0.15, -0.1) is 0 Å². The van der Waals surface area contributed by atoms with Crippen molar-refractivity contribution in [3.63, 3.8) is 0 Å². The van der Waals surface area contributed by atoms with E-state index in [2.05, 4.69) is 50.4 Å². The molecule has 16 heavy (non-hydrogen) atoms. The molecule has 0 aromatic heterocycles. The molecule has 2 rings (SSSR count). The Morgan fingerprint density at radius 2 is 2.00 bits per heavy atom. The highest BCUT2D eigenvalue weighted by Crippen LogP contribution is 2.33. The van der Waals surface area contributed by atoms with Crippen molar-refractivity contribution < 1.29 is 0 Å². The molecule has 1 N–H and O–H groups in total. The van der Waals surface area contributed by atoms with E-state index in [0.29, 0.717) is 17.9 Å². The van der Waals surface area contributed by atoms with Gasteiger partial charge in [0.25, 0.3) is 0 Å². The van der Waals surface area contributed by atoms with Crippen molar-refractivity contribution in [2.45, 2.75) is 51.5 Å². The second-order valence-electron chi connectivity index (χ2n) is 5.28. The Balaban J connectivity index is 2.31. The highest BCUT2D eigenvalue weighted by Gasteiger charge is 2.24. The fraction of sp³-hybridized carbons (Fsp3) is 0.600. The van der Waals surface area contributed by atoms with E-state index in [-0.39, 0.29) is 0 Å². The van der Waals surface area contributed by atoms with Crippen molar-refractivity contribution in [3.8, 4) is 0 Å². The van der Waals surface area contributed by atoms with Gasteiger partial charge in [0, 0.05) is 6.04 Å². The maximum Gasteiger partial charge on any atom is 0.0108 e. The molecule has 0 saturated carbocycles. The monoisotopic (exact) mass is 217 g/mol. The number of hydrogen-bond acceptors (Lipinski definition) is 1. The Kier molecular flexibility index (Phi) is 3.65. The molecule has 1 fully saturated rings. The highest BCUT2D eigenvalue weighted by molar-refractivity contribution is 5.34. The van der Waals surface area contributed by atoms with E-state index in [9.17, 15) is 0 Å². The minimum Gasteiger partial charge on any atom is -0.314 e. The summed E-state index contributed by atoms with van der Waals surface area (Å²) in [6, 6.07) is 9.58. The van der Waals surface area contributed by atoms with Gasteiger partial charge >= 0.3 is 0 Å². The third-order valence-electron chi connectivity index (χ3n) is 3.78. The molecule has 1 aromatic rings. The van der Waals surface area contributed by atoms with Crippen molar-refractivity contribution in [1.82, 2.24) is 5.32 Å². The summed E-state index contributed by atoms with van der Waals surface area (Å²) in [5.74, 6) is 1.33. The van der Waals surface area contributed by atoms with E-state index in [1.54, 1.807) is 5.56 Å². The Morgan fingerprint density at radius 1 is 1.25 bits per heavy atom. The van der Waals surface area contributed by atoms with Crippen LogP contribution in [0, 0.1) is 0 Å². The number of rotatable bonds is 2. The van der Waals surface area contributed by atoms with Crippen LogP contribution < -0.4 is 5.32 Å². The van der Waals surface area contributed by atoms with Crippen molar-refractivity contribution in [2.24, 2.45) is 0 Å². The molecule has 1 saturated heterocycles. The summed E-state index contributed by atoms with van der Waals surface area (Å²) in [6.45, 7) is 8.09. The Morgan fingerprint density at radius 3 is 2.69 bits per heavy atom. The van der Waals surface area contributed by atoms with Crippen LogP contribution in [0.3, 0.4) is 0 Å². The summed E-state index contributed by atoms with van der Waals surface area (Å²) in [7, 11) is 0. The van der Waals surface area contributed by atoms with Crippen molar-refractivity contribution in [2.75, 3.05) is 6.54 Å². The molecule has 0 spiro atoms. The van der Waals surface area contributed by atoms with E-state index in [0.717, 1.165) is 0 Å². The van der Waals surface area contributed by atoms with E-state index in [4.69, 9.17) is 0 Å². The van der Waals surface area contributed by atoms with Gasteiger partial charge in [-0.2, -0.15) is 0 Å². The van der Waals surface area contributed by atoms with Crippen LogP contribution in [-0.2, 0) is 0 Å². The smallest absolute Gasteiger partial charge is 0.0108 e. The van der Waals surface area contributed by atoms with Gasteiger partial charge in [-0.1, -0.05) is 38.1 Å². The molecule has 1 aliphatic rings. The molecule has 88 valence electrons. The molecule has 0 aliphatic carbocycles. The normalized spacial score (nSPS) is 26.0. The van der Waals surface area contributed by atoms with E-state index in [1.165, 1.54) is 24.9 Å². The van der Waals surface area contributed by atoms with Gasteiger partial charge in [0.15, 0.2) is 0 Å². The molecule has 2 atom stereocenters. The molecule has 2 unspecified atom stereocenters. The highest BCUT2D eigenvalue weighted by atomic mass is 14.9. The molecule has 1 heterocycles. The first-order valence-electron chi connectivity index (χ1n) is 6.52. The van der Waals surface area contributed by atoms with Gasteiger partial charge in [-0.05, 0) is 49.3 Å². The zero-order valence-corrected chi connectivity index (χ0v) is 10.7. The lowest BCUT2D eigenvalue weighted by Crippen LogP contribution is -2.37. The van der Waals surface area contributed by atoms with Gasteiger partial charge < -0.3 is 5.32 Å². The average Bonchev–Trinajstić information content (AvgIpc) is 2.29. The standard InChI is InChI=1S/C15H23N/c1-11(2)13-7-4-5-8-15(13)14-9-6-10-16-12(14)3/h4-5,7-8,11-12,14,16H,6,9-10H2,1-3H3. The minimum atomic E-state index is 0.619. The van der Waals surface area contributed by atoms with Gasteiger partial charge in [-0.3, -0.25) is 0 Å². The molecule has 1 aliphatic heterocycles. The Bertz CT molecular complexity index is 343. The minimum absolute atomic E-state index is 0.619. The predicted molar refractivity (Wildman–Crippen MR) is 70.0 cm³/mol. The van der Waals surface area contributed by atoms with Crippen LogP contribution >= 0.6 is 0 Å². The Labute approximate surface area is 99.3 Å². The van der Waals surface area contributed by atoms with Crippen LogP contribution in [0.4, 0.5) is 0 Å². The zero-order chi connectivity index (χ0) is 11.5. The lowest BCUT2D eigenvalue weighted by Gasteiger charge is -2.32. The summed E-state index contributed by atoms with van der Waals surface area (Å²) in [6.07, 6.45) is 2.64. The largest absolute Gasteiger partial charge is 0.314 e. The SMILES string of the molecule is CC(C)c1ccccc1C1CCCNC1C. The number of nitrogens with one attached hydrogen (secondary N) is 1. The van der Waals surface area contributed by atoms with Crippen LogP contribution in [0.2, 0.25) is 0 Å². The second-order valence-corrected chi connectivity index (χ2v) is 5.28. The number of benzene rings is 1. The van der Waals surface area contributed by atoms with E-state index < -0.39 is 0 Å². The number of hydrogen-bond donors (Lipinski definition) is 1. The third kappa shape index (κ3) is 2.30. The van der Waals surface area contributed by atoms with Crippen molar-refractivity contribution in [1.29, 1.82) is 0 Å². The topological polar surface area (TPSA) is 12.0 Å². The zero-order valence-electron chi connectivity index (χ0n) is 10.7. The lowest BCUT2D eigenvalue weighted by atomic mass is 9.81. The third-order valence-corrected chi connectivity index (χ3v) is 3.78. The molecule has 1 aromatic carbocycles. The molecular formula is C15H23N. The van der Waals surface area contributed by atoms with Crippen LogP contribution in [0.25, 0.3) is 0 Å². The van der Waals surface area contributed by atoms with Gasteiger partial charge in [-0.25, -0.2) is 0 Å². The maximum atomic E-state index is 3.60. The summed E-state index contributed by atoms with van der Waals surface area (Å²) >= 11 is 0. The first kappa shape index (κ1) is 11.7. The lowest BCUT2D eigenvalue weighted by molar-refractivity contribution is 0.369. The fourth-order valence-corrected chi connectivity index (χ4v) is 2.84. The molecule has 0 amide bonds. The fourth-order valence-electron chi connectivity index (χ4n) is 2.84. The van der Waals surface area contributed by atoms with Crippen molar-refractivity contribution in [3.05, 3.63) is 35.4 Å². The molecular weight excluding hydrogens is 194 g/mol. The van der Waals surface area contributed by atoms with E-state index in [1.807, 2.05) is 0 Å². The summed E-state index contributed by atoms with van der Waals surface area (Å²) in [5, 5.41) is 3.60. The van der Waals surface area contributed by atoms with Gasteiger partial charge in [0.2, 0.25) is 0 Å². The maximum absolute atomic E-state index is 3.60.